The molecule has 1 N–H and O–H groups in total. The van der Waals surface area contributed by atoms with Crippen LogP contribution in [0.25, 0.3) is 0 Å². The van der Waals surface area contributed by atoms with Crippen molar-refractivity contribution in [1.29, 1.82) is 0 Å². The largest absolute Gasteiger partial charge is 0.338 e. The van der Waals surface area contributed by atoms with Crippen LogP contribution in [0.15, 0.2) is 64.0 Å². The van der Waals surface area contributed by atoms with Crippen molar-refractivity contribution in [1.82, 2.24) is 19.8 Å². The van der Waals surface area contributed by atoms with E-state index in [1.54, 1.807) is 11.9 Å². The average molecular weight is 421 g/mol. The summed E-state index contributed by atoms with van der Waals surface area (Å²) in [6.07, 6.45) is 4.47. The van der Waals surface area contributed by atoms with Gasteiger partial charge in [0.1, 0.15) is 0 Å². The molecule has 1 aliphatic carbocycles. The Morgan fingerprint density at radius 3 is 2.50 bits per heavy atom. The maximum absolute atomic E-state index is 5.65. The summed E-state index contributed by atoms with van der Waals surface area (Å²) >= 11 is 1.73. The Labute approximate surface area is 182 Å². The lowest BCUT2D eigenvalue weighted by molar-refractivity contribution is 0.178. The lowest BCUT2D eigenvalue weighted by Crippen LogP contribution is -2.40. The summed E-state index contributed by atoms with van der Waals surface area (Å²) in [5.74, 6) is 1.60. The molecule has 1 saturated heterocycles. The van der Waals surface area contributed by atoms with Crippen LogP contribution in [0.4, 0.5) is 0 Å². The number of hydrogen-bond donors (Lipinski definition) is 1. The zero-order valence-corrected chi connectivity index (χ0v) is 18.2. The van der Waals surface area contributed by atoms with Gasteiger partial charge in [0.25, 0.3) is 0 Å². The first-order valence-corrected chi connectivity index (χ1v) is 11.6. The molecule has 2 aromatic carbocycles. The molecule has 2 fully saturated rings. The zero-order valence-electron chi connectivity index (χ0n) is 17.4. The van der Waals surface area contributed by atoms with Gasteiger partial charge in [-0.1, -0.05) is 53.2 Å². The monoisotopic (exact) mass is 420 g/mol. The van der Waals surface area contributed by atoms with Gasteiger partial charge in [0.05, 0.1) is 12.0 Å². The second-order valence-electron chi connectivity index (χ2n) is 8.54. The third-order valence-electron chi connectivity index (χ3n) is 6.28. The molecule has 1 saturated carbocycles. The van der Waals surface area contributed by atoms with Gasteiger partial charge in [-0.2, -0.15) is 4.98 Å². The van der Waals surface area contributed by atoms with E-state index in [9.17, 15) is 0 Å². The Kier molecular flexibility index (Phi) is 5.63. The molecule has 5 rings (SSSR count). The molecule has 156 valence electrons. The number of aromatic nitrogens is 2. The highest BCUT2D eigenvalue weighted by molar-refractivity contribution is 7.97. The molecule has 3 aromatic rings. The highest BCUT2D eigenvalue weighted by Crippen LogP contribution is 2.52. The maximum Gasteiger partial charge on any atom is 0.240 e. The Morgan fingerprint density at radius 1 is 1.07 bits per heavy atom. The molecular formula is C24H28N4OS. The van der Waals surface area contributed by atoms with Gasteiger partial charge in [0, 0.05) is 24.0 Å². The summed E-state index contributed by atoms with van der Waals surface area (Å²) in [5.41, 5.74) is 2.56. The number of nitrogens with one attached hydrogen (secondary N) is 1. The number of aryl methyl sites for hydroxylation is 1. The number of likely N-dealkylation sites (tertiary alicyclic amines) is 1. The first kappa shape index (κ1) is 19.8. The number of benzene rings is 2. The smallest absolute Gasteiger partial charge is 0.240 e. The van der Waals surface area contributed by atoms with Crippen LogP contribution in [0.5, 0.6) is 0 Å². The predicted octanol–water partition coefficient (Wildman–Crippen LogP) is 4.72. The molecule has 0 radical (unpaired) electrons. The molecule has 1 aromatic heterocycles. The van der Waals surface area contributed by atoms with Gasteiger partial charge in [0.15, 0.2) is 5.82 Å². The van der Waals surface area contributed by atoms with E-state index in [1.807, 2.05) is 0 Å². The molecule has 2 heterocycles. The van der Waals surface area contributed by atoms with Crippen LogP contribution in [0.3, 0.4) is 0 Å². The molecule has 0 bridgehead atoms. The lowest BCUT2D eigenvalue weighted by Gasteiger charge is -2.31. The SMILES string of the molecule is Cc1ccc(C2(c3noc(CN4CCC(NSc5ccccc5)CC4)n3)CC2)cc1. The summed E-state index contributed by atoms with van der Waals surface area (Å²) in [7, 11) is 0. The Morgan fingerprint density at radius 2 is 1.80 bits per heavy atom. The third kappa shape index (κ3) is 4.31. The van der Waals surface area contributed by atoms with Crippen LogP contribution in [0, 0.1) is 6.92 Å². The quantitative estimate of drug-likeness (QED) is 0.558. The second-order valence-corrected chi connectivity index (χ2v) is 9.45. The molecule has 0 unspecified atom stereocenters. The van der Waals surface area contributed by atoms with Gasteiger partial charge in [-0.15, -0.1) is 0 Å². The van der Waals surface area contributed by atoms with Crippen LogP contribution in [0.1, 0.15) is 48.5 Å². The van der Waals surface area contributed by atoms with Crippen molar-refractivity contribution >= 4 is 11.9 Å². The molecule has 0 atom stereocenters. The number of nitrogens with zero attached hydrogens (tertiary/aromatic N) is 3. The molecule has 0 amide bonds. The summed E-state index contributed by atoms with van der Waals surface area (Å²) in [6, 6.07) is 19.8. The van der Waals surface area contributed by atoms with E-state index in [1.165, 1.54) is 16.0 Å². The van der Waals surface area contributed by atoms with Crippen molar-refractivity contribution in [2.75, 3.05) is 13.1 Å². The molecule has 5 nitrogen and oxygen atoms in total. The summed E-state index contributed by atoms with van der Waals surface area (Å²) in [5, 5.41) is 4.36. The number of piperidine rings is 1. The molecule has 1 aliphatic heterocycles. The minimum Gasteiger partial charge on any atom is -0.338 e. The van der Waals surface area contributed by atoms with E-state index in [-0.39, 0.29) is 5.41 Å². The summed E-state index contributed by atoms with van der Waals surface area (Å²) in [4.78, 5) is 8.48. The van der Waals surface area contributed by atoms with Crippen molar-refractivity contribution in [2.45, 2.75) is 55.5 Å². The van der Waals surface area contributed by atoms with E-state index < -0.39 is 0 Å². The minimum absolute atomic E-state index is 0.0268. The highest BCUT2D eigenvalue weighted by atomic mass is 32.2. The normalized spacial score (nSPS) is 19.1. The van der Waals surface area contributed by atoms with Gasteiger partial charge < -0.3 is 4.52 Å². The molecule has 30 heavy (non-hydrogen) atoms. The van der Waals surface area contributed by atoms with Gasteiger partial charge >= 0.3 is 0 Å². The summed E-state index contributed by atoms with van der Waals surface area (Å²) < 4.78 is 9.26. The topological polar surface area (TPSA) is 54.2 Å². The number of rotatable bonds is 7. The third-order valence-corrected chi connectivity index (χ3v) is 7.24. The Balaban J connectivity index is 1.14. The Hall–Kier alpha value is -2.15. The number of hydrogen-bond acceptors (Lipinski definition) is 6. The molecular weight excluding hydrogens is 392 g/mol. The minimum atomic E-state index is -0.0268. The first-order chi connectivity index (χ1) is 14.7. The highest BCUT2D eigenvalue weighted by Gasteiger charge is 2.50. The maximum atomic E-state index is 5.65. The van der Waals surface area contributed by atoms with Crippen molar-refractivity contribution in [3.8, 4) is 0 Å². The molecule has 0 spiro atoms. The molecule has 6 heteroatoms. The van der Waals surface area contributed by atoms with Crippen molar-refractivity contribution < 1.29 is 4.52 Å². The fraction of sp³-hybridized carbons (Fsp3) is 0.417. The van der Waals surface area contributed by atoms with E-state index in [2.05, 4.69) is 76.3 Å². The fourth-order valence-electron chi connectivity index (χ4n) is 4.19. The summed E-state index contributed by atoms with van der Waals surface area (Å²) in [6.45, 7) is 4.96. The van der Waals surface area contributed by atoms with Crippen molar-refractivity contribution in [3.05, 3.63) is 77.4 Å². The van der Waals surface area contributed by atoms with E-state index in [4.69, 9.17) is 9.51 Å². The molecule has 2 aliphatic rings. The standard InChI is InChI=1S/C24H28N4OS/c1-18-7-9-19(10-8-18)24(13-14-24)23-25-22(29-26-23)17-28-15-11-20(12-16-28)27-30-21-5-3-2-4-6-21/h2-10,20,27H,11-17H2,1H3. The first-order valence-electron chi connectivity index (χ1n) is 10.8. The van der Waals surface area contributed by atoms with Crippen molar-refractivity contribution in [2.24, 2.45) is 0 Å². The van der Waals surface area contributed by atoms with E-state index in [0.29, 0.717) is 6.04 Å². The van der Waals surface area contributed by atoms with Gasteiger partial charge in [0.2, 0.25) is 5.89 Å². The van der Waals surface area contributed by atoms with Crippen LogP contribution in [-0.4, -0.2) is 34.2 Å². The average Bonchev–Trinajstić information content (AvgIpc) is 3.46. The van der Waals surface area contributed by atoms with Crippen molar-refractivity contribution in [3.63, 3.8) is 0 Å². The van der Waals surface area contributed by atoms with E-state index >= 15 is 0 Å². The van der Waals surface area contributed by atoms with Gasteiger partial charge in [-0.05, 0) is 62.3 Å². The van der Waals surface area contributed by atoms with E-state index in [0.717, 1.165) is 57.0 Å². The second kappa shape index (κ2) is 8.53. The predicted molar refractivity (Wildman–Crippen MR) is 119 cm³/mol. The Bertz CT molecular complexity index is 960. The van der Waals surface area contributed by atoms with Crippen LogP contribution in [-0.2, 0) is 12.0 Å². The van der Waals surface area contributed by atoms with Gasteiger partial charge in [-0.3, -0.25) is 9.62 Å². The van der Waals surface area contributed by atoms with Crippen LogP contribution >= 0.6 is 11.9 Å². The zero-order chi connectivity index (χ0) is 20.4. The lowest BCUT2D eigenvalue weighted by atomic mass is 9.94. The van der Waals surface area contributed by atoms with Crippen LogP contribution < -0.4 is 4.72 Å². The fourth-order valence-corrected chi connectivity index (χ4v) is 5.02. The van der Waals surface area contributed by atoms with Gasteiger partial charge in [-0.25, -0.2) is 0 Å². The van der Waals surface area contributed by atoms with Crippen LogP contribution in [0.2, 0.25) is 0 Å².